The van der Waals surface area contributed by atoms with E-state index >= 15 is 0 Å². The average molecular weight is 541 g/mol. The number of nitrogens with zero attached hydrogens (tertiary/aromatic N) is 4. The molecule has 40 heavy (non-hydrogen) atoms. The second-order valence-electron chi connectivity index (χ2n) is 9.70. The average Bonchev–Trinajstić information content (AvgIpc) is 3.01. The molecule has 2 aliphatic heterocycles. The van der Waals surface area contributed by atoms with Crippen molar-refractivity contribution in [3.63, 3.8) is 0 Å². The minimum Gasteiger partial charge on any atom is -0.366 e. The molecule has 2 heterocycles. The molecule has 3 amide bonds. The number of carbonyl (C=O) groups is 3. The summed E-state index contributed by atoms with van der Waals surface area (Å²) in [5.41, 5.74) is 2.99. The van der Waals surface area contributed by atoms with Crippen molar-refractivity contribution in [3.8, 4) is 6.07 Å². The van der Waals surface area contributed by atoms with Gasteiger partial charge in [-0.25, -0.2) is 4.39 Å². The molecule has 0 atom stereocenters. The van der Waals surface area contributed by atoms with Gasteiger partial charge in [-0.05, 0) is 66.7 Å². The van der Waals surface area contributed by atoms with E-state index in [9.17, 15) is 18.8 Å². The van der Waals surface area contributed by atoms with Gasteiger partial charge in [0.25, 0.3) is 17.7 Å². The number of benzene rings is 3. The number of amides is 3. The van der Waals surface area contributed by atoms with Crippen LogP contribution in [-0.4, -0.2) is 79.9 Å². The second-order valence-corrected chi connectivity index (χ2v) is 9.70. The number of hydrogen-bond acceptors (Lipinski definition) is 6. The van der Waals surface area contributed by atoms with Gasteiger partial charge in [-0.3, -0.25) is 14.4 Å². The van der Waals surface area contributed by atoms with Crippen LogP contribution in [0.4, 0.5) is 15.8 Å². The lowest BCUT2D eigenvalue weighted by Crippen LogP contribution is -2.49. The molecule has 3 aromatic rings. The van der Waals surface area contributed by atoms with Crippen LogP contribution in [0.15, 0.2) is 66.7 Å². The van der Waals surface area contributed by atoms with Crippen molar-refractivity contribution >= 4 is 29.1 Å². The van der Waals surface area contributed by atoms with Crippen molar-refractivity contribution in [3.05, 3.63) is 94.8 Å². The molecule has 10 heteroatoms. The van der Waals surface area contributed by atoms with Crippen LogP contribution in [0.5, 0.6) is 0 Å². The number of hydrogen-bond donors (Lipinski definition) is 2. The molecule has 2 aliphatic rings. The van der Waals surface area contributed by atoms with Crippen LogP contribution >= 0.6 is 0 Å². The molecular weight excluding hydrogens is 511 g/mol. The smallest absolute Gasteiger partial charge is 0.255 e. The molecule has 0 aromatic heterocycles. The highest BCUT2D eigenvalue weighted by molar-refractivity contribution is 6.07. The van der Waals surface area contributed by atoms with E-state index in [-0.39, 0.29) is 11.8 Å². The minimum atomic E-state index is -0.436. The topological polar surface area (TPSA) is 109 Å². The summed E-state index contributed by atoms with van der Waals surface area (Å²) in [6.45, 7) is 4.63. The first kappa shape index (κ1) is 26.8. The van der Waals surface area contributed by atoms with Gasteiger partial charge in [0.2, 0.25) is 0 Å². The van der Waals surface area contributed by atoms with Crippen LogP contribution in [-0.2, 0) is 0 Å². The minimum absolute atomic E-state index is 0.106. The summed E-state index contributed by atoms with van der Waals surface area (Å²) < 4.78 is 13.4. The Labute approximate surface area is 231 Å². The number of nitriles is 1. The molecule has 2 saturated heterocycles. The van der Waals surface area contributed by atoms with Crippen molar-refractivity contribution in [2.45, 2.75) is 0 Å². The fourth-order valence-corrected chi connectivity index (χ4v) is 4.91. The Balaban J connectivity index is 1.35. The third kappa shape index (κ3) is 5.95. The zero-order valence-electron chi connectivity index (χ0n) is 21.9. The summed E-state index contributed by atoms with van der Waals surface area (Å²) in [7, 11) is 0. The van der Waals surface area contributed by atoms with Crippen LogP contribution in [0, 0.1) is 17.1 Å². The quantitative estimate of drug-likeness (QED) is 0.515. The second kappa shape index (κ2) is 12.0. The van der Waals surface area contributed by atoms with E-state index in [2.05, 4.69) is 21.6 Å². The standard InChI is InChI=1S/C30H29FN6O3/c31-25-8-5-22(6-9-25)28(38)34-26-19-24(30(40)36-13-11-33-12-14-36)7-10-27(26)35-15-17-37(18-16-35)29(39)23-3-1-21(20-32)2-4-23/h1-10,19,33H,11-18H2,(H,34,38). The van der Waals surface area contributed by atoms with E-state index in [1.165, 1.54) is 24.3 Å². The van der Waals surface area contributed by atoms with Crippen molar-refractivity contribution in [1.29, 1.82) is 5.26 Å². The summed E-state index contributed by atoms with van der Waals surface area (Å²) in [6, 6.07) is 19.2. The van der Waals surface area contributed by atoms with E-state index in [1.807, 2.05) is 6.07 Å². The van der Waals surface area contributed by atoms with Gasteiger partial charge < -0.3 is 25.3 Å². The molecule has 5 rings (SSSR count). The Bertz CT molecular complexity index is 1440. The lowest BCUT2D eigenvalue weighted by Gasteiger charge is -2.37. The number of nitrogens with one attached hydrogen (secondary N) is 2. The molecule has 2 fully saturated rings. The maximum atomic E-state index is 13.4. The maximum absolute atomic E-state index is 13.4. The molecular formula is C30H29FN6O3. The number of rotatable bonds is 5. The normalized spacial score (nSPS) is 15.3. The SMILES string of the molecule is N#Cc1ccc(C(=O)N2CCN(c3ccc(C(=O)N4CCNCC4)cc3NC(=O)c3ccc(F)cc3)CC2)cc1. The first-order valence-electron chi connectivity index (χ1n) is 13.2. The Morgan fingerprint density at radius 2 is 1.32 bits per heavy atom. The molecule has 0 saturated carbocycles. The highest BCUT2D eigenvalue weighted by Gasteiger charge is 2.26. The Morgan fingerprint density at radius 3 is 1.98 bits per heavy atom. The van der Waals surface area contributed by atoms with Gasteiger partial charge >= 0.3 is 0 Å². The van der Waals surface area contributed by atoms with Crippen LogP contribution < -0.4 is 15.5 Å². The summed E-state index contributed by atoms with van der Waals surface area (Å²) >= 11 is 0. The Hall–Kier alpha value is -4.75. The fourth-order valence-electron chi connectivity index (χ4n) is 4.91. The first-order valence-corrected chi connectivity index (χ1v) is 13.2. The largest absolute Gasteiger partial charge is 0.366 e. The summed E-state index contributed by atoms with van der Waals surface area (Å²) in [4.78, 5) is 44.9. The van der Waals surface area contributed by atoms with Gasteiger partial charge in [-0.1, -0.05) is 0 Å². The maximum Gasteiger partial charge on any atom is 0.255 e. The van der Waals surface area contributed by atoms with E-state index < -0.39 is 11.7 Å². The van der Waals surface area contributed by atoms with Crippen LogP contribution in [0.3, 0.4) is 0 Å². The Kier molecular flexibility index (Phi) is 8.03. The fraction of sp³-hybridized carbons (Fsp3) is 0.267. The predicted molar refractivity (Wildman–Crippen MR) is 149 cm³/mol. The third-order valence-corrected chi connectivity index (χ3v) is 7.17. The zero-order chi connectivity index (χ0) is 28.1. The highest BCUT2D eigenvalue weighted by Crippen LogP contribution is 2.30. The molecule has 0 radical (unpaired) electrons. The third-order valence-electron chi connectivity index (χ3n) is 7.17. The van der Waals surface area contributed by atoms with E-state index in [0.717, 1.165) is 18.8 Å². The Morgan fingerprint density at radius 1 is 0.750 bits per heavy atom. The number of piperazine rings is 2. The molecule has 3 aromatic carbocycles. The predicted octanol–water partition coefficient (Wildman–Crippen LogP) is 2.96. The highest BCUT2D eigenvalue weighted by atomic mass is 19.1. The summed E-state index contributed by atoms with van der Waals surface area (Å²) in [5, 5.41) is 15.2. The van der Waals surface area contributed by atoms with Crippen molar-refractivity contribution < 1.29 is 18.8 Å². The van der Waals surface area contributed by atoms with E-state index in [0.29, 0.717) is 67.2 Å². The van der Waals surface area contributed by atoms with Crippen molar-refractivity contribution in [2.75, 3.05) is 62.6 Å². The monoisotopic (exact) mass is 540 g/mol. The van der Waals surface area contributed by atoms with E-state index in [4.69, 9.17) is 5.26 Å². The molecule has 0 bridgehead atoms. The van der Waals surface area contributed by atoms with Crippen LogP contribution in [0.25, 0.3) is 0 Å². The van der Waals surface area contributed by atoms with Crippen molar-refractivity contribution in [1.82, 2.24) is 15.1 Å². The van der Waals surface area contributed by atoms with Gasteiger partial charge in [0.15, 0.2) is 0 Å². The van der Waals surface area contributed by atoms with Gasteiger partial charge in [0, 0.05) is 69.0 Å². The van der Waals surface area contributed by atoms with Gasteiger partial charge in [0.1, 0.15) is 5.82 Å². The first-order chi connectivity index (χ1) is 19.4. The van der Waals surface area contributed by atoms with Crippen LogP contribution in [0.2, 0.25) is 0 Å². The van der Waals surface area contributed by atoms with Gasteiger partial charge in [-0.2, -0.15) is 5.26 Å². The van der Waals surface area contributed by atoms with Gasteiger partial charge in [0.05, 0.1) is 23.0 Å². The van der Waals surface area contributed by atoms with Crippen LogP contribution in [0.1, 0.15) is 36.6 Å². The molecule has 204 valence electrons. The molecule has 0 spiro atoms. The molecule has 0 unspecified atom stereocenters. The summed E-state index contributed by atoms with van der Waals surface area (Å²) in [6.07, 6.45) is 0. The molecule has 2 N–H and O–H groups in total. The number of anilines is 2. The number of halogens is 1. The lowest BCUT2D eigenvalue weighted by atomic mass is 10.1. The van der Waals surface area contributed by atoms with Gasteiger partial charge in [-0.15, -0.1) is 0 Å². The number of carbonyl (C=O) groups excluding carboxylic acids is 3. The summed E-state index contributed by atoms with van der Waals surface area (Å²) in [5.74, 6) is -1.06. The van der Waals surface area contributed by atoms with Crippen molar-refractivity contribution in [2.24, 2.45) is 0 Å². The zero-order valence-corrected chi connectivity index (χ0v) is 21.9. The molecule has 0 aliphatic carbocycles. The lowest BCUT2D eigenvalue weighted by molar-refractivity contribution is 0.0731. The van der Waals surface area contributed by atoms with E-state index in [1.54, 1.807) is 46.2 Å². The molecule has 9 nitrogen and oxygen atoms in total.